The summed E-state index contributed by atoms with van der Waals surface area (Å²) in [5.74, 6) is -1.77. The highest BCUT2D eigenvalue weighted by atomic mass is 16.5. The fraction of sp³-hybridized carbons (Fsp3) is 0.263. The van der Waals surface area contributed by atoms with Crippen molar-refractivity contribution in [1.29, 1.82) is 0 Å². The van der Waals surface area contributed by atoms with E-state index in [2.05, 4.69) is 15.5 Å². The largest absolute Gasteiger partial charge is 0.477 e. The van der Waals surface area contributed by atoms with E-state index >= 15 is 0 Å². The molecule has 7 nitrogen and oxygen atoms in total. The zero-order valence-corrected chi connectivity index (χ0v) is 14.7. The Labute approximate surface area is 150 Å². The average molecular weight is 353 g/mol. The first-order valence-corrected chi connectivity index (χ1v) is 8.13. The Hall–Kier alpha value is -3.22. The van der Waals surface area contributed by atoms with Gasteiger partial charge in [-0.15, -0.1) is 0 Å². The van der Waals surface area contributed by atoms with Crippen molar-refractivity contribution in [1.82, 2.24) is 10.1 Å². The highest BCUT2D eigenvalue weighted by Gasteiger charge is 2.27. The van der Waals surface area contributed by atoms with Gasteiger partial charge in [0.15, 0.2) is 5.56 Å². The summed E-state index contributed by atoms with van der Waals surface area (Å²) < 4.78 is 5.11. The molecule has 3 aromatic rings. The molecule has 1 amide bonds. The van der Waals surface area contributed by atoms with Crippen molar-refractivity contribution in [2.45, 2.75) is 27.2 Å². The van der Waals surface area contributed by atoms with E-state index in [1.54, 1.807) is 6.07 Å². The van der Waals surface area contributed by atoms with E-state index in [1.807, 2.05) is 51.1 Å². The summed E-state index contributed by atoms with van der Waals surface area (Å²) in [6.07, 6.45) is 0.219. The molecule has 0 aliphatic rings. The minimum absolute atomic E-state index is 0.0781. The maximum Gasteiger partial charge on any atom is 0.343 e. The van der Waals surface area contributed by atoms with Crippen LogP contribution in [0.1, 0.15) is 37.6 Å². The summed E-state index contributed by atoms with van der Waals surface area (Å²) in [4.78, 5) is 28.3. The van der Waals surface area contributed by atoms with Gasteiger partial charge in [-0.3, -0.25) is 10.1 Å². The quantitative estimate of drug-likeness (QED) is 0.735. The number of hydrogen-bond acceptors (Lipinski definition) is 5. The predicted molar refractivity (Wildman–Crippen MR) is 96.9 cm³/mol. The van der Waals surface area contributed by atoms with Crippen molar-refractivity contribution in [3.63, 3.8) is 0 Å². The third-order valence-electron chi connectivity index (χ3n) is 3.69. The van der Waals surface area contributed by atoms with Crippen molar-refractivity contribution >= 4 is 28.7 Å². The van der Waals surface area contributed by atoms with Gasteiger partial charge in [0.05, 0.1) is 11.2 Å². The number of carboxylic acid groups (broad SMARTS) is 1. The van der Waals surface area contributed by atoms with Gasteiger partial charge in [0.25, 0.3) is 0 Å². The van der Waals surface area contributed by atoms with Crippen LogP contribution in [0.4, 0.5) is 5.88 Å². The van der Waals surface area contributed by atoms with E-state index in [9.17, 15) is 14.7 Å². The fourth-order valence-electron chi connectivity index (χ4n) is 2.60. The maximum atomic E-state index is 12.1. The molecular weight excluding hydrogens is 334 g/mol. The molecule has 2 heterocycles. The molecule has 1 aromatic carbocycles. The van der Waals surface area contributed by atoms with Gasteiger partial charge in [-0.1, -0.05) is 50.2 Å². The average Bonchev–Trinajstić information content (AvgIpc) is 2.96. The third-order valence-corrected chi connectivity index (χ3v) is 3.69. The SMILES string of the molecule is CC(C)(C)CC(=O)Nc1onc(-c2ccc3ccccc3n2)c1C(=O)O. The zero-order valence-electron chi connectivity index (χ0n) is 14.7. The molecule has 26 heavy (non-hydrogen) atoms. The Balaban J connectivity index is 1.98. The summed E-state index contributed by atoms with van der Waals surface area (Å²) in [5, 5.41) is 16.8. The number of carboxylic acids is 1. The molecule has 0 aliphatic heterocycles. The molecule has 0 saturated carbocycles. The lowest BCUT2D eigenvalue weighted by Gasteiger charge is -2.16. The Kier molecular flexibility index (Phi) is 4.46. The van der Waals surface area contributed by atoms with Crippen LogP contribution in [0.15, 0.2) is 40.9 Å². The zero-order chi connectivity index (χ0) is 18.9. The van der Waals surface area contributed by atoms with E-state index in [1.165, 1.54) is 0 Å². The Morgan fingerprint density at radius 2 is 1.88 bits per heavy atom. The van der Waals surface area contributed by atoms with Crippen molar-refractivity contribution in [2.24, 2.45) is 5.41 Å². The summed E-state index contributed by atoms with van der Waals surface area (Å²) in [6, 6.07) is 11.0. The first-order chi connectivity index (χ1) is 12.2. The van der Waals surface area contributed by atoms with Gasteiger partial charge < -0.3 is 9.63 Å². The van der Waals surface area contributed by atoms with Crippen LogP contribution in [-0.4, -0.2) is 27.1 Å². The van der Waals surface area contributed by atoms with Crippen LogP contribution in [0.25, 0.3) is 22.3 Å². The predicted octanol–water partition coefficient (Wildman–Crippen LogP) is 3.96. The molecule has 0 fully saturated rings. The number of para-hydroxylation sites is 1. The highest BCUT2D eigenvalue weighted by Crippen LogP contribution is 2.30. The monoisotopic (exact) mass is 353 g/mol. The first-order valence-electron chi connectivity index (χ1n) is 8.13. The first kappa shape index (κ1) is 17.6. The number of benzene rings is 1. The van der Waals surface area contributed by atoms with Gasteiger partial charge >= 0.3 is 5.97 Å². The molecule has 134 valence electrons. The number of pyridine rings is 1. The maximum absolute atomic E-state index is 12.1. The van der Waals surface area contributed by atoms with Crippen LogP contribution in [-0.2, 0) is 4.79 Å². The molecule has 0 bridgehead atoms. The van der Waals surface area contributed by atoms with E-state index in [-0.39, 0.29) is 34.9 Å². The van der Waals surface area contributed by atoms with Crippen LogP contribution in [0.3, 0.4) is 0 Å². The molecule has 0 aliphatic carbocycles. The van der Waals surface area contributed by atoms with E-state index < -0.39 is 5.97 Å². The van der Waals surface area contributed by atoms with Gasteiger partial charge in [0.2, 0.25) is 11.8 Å². The molecule has 2 aromatic heterocycles. The van der Waals surface area contributed by atoms with Gasteiger partial charge in [-0.2, -0.15) is 0 Å². The van der Waals surface area contributed by atoms with E-state index in [0.29, 0.717) is 11.2 Å². The molecule has 0 atom stereocenters. The minimum atomic E-state index is -1.25. The van der Waals surface area contributed by atoms with Crippen molar-refractivity contribution in [3.05, 3.63) is 42.0 Å². The topological polar surface area (TPSA) is 105 Å². The number of amides is 1. The molecule has 7 heteroatoms. The Bertz CT molecular complexity index is 986. The van der Waals surface area contributed by atoms with Crippen molar-refractivity contribution in [2.75, 3.05) is 5.32 Å². The number of aromatic carboxylic acids is 1. The van der Waals surface area contributed by atoms with Gasteiger partial charge in [-0.25, -0.2) is 9.78 Å². The Morgan fingerprint density at radius 1 is 1.15 bits per heavy atom. The third kappa shape index (κ3) is 3.72. The second kappa shape index (κ2) is 6.59. The fourth-order valence-corrected chi connectivity index (χ4v) is 2.60. The lowest BCUT2D eigenvalue weighted by atomic mass is 9.92. The molecule has 0 unspecified atom stereocenters. The molecule has 2 N–H and O–H groups in total. The number of nitrogens with zero attached hydrogens (tertiary/aromatic N) is 2. The number of nitrogens with one attached hydrogen (secondary N) is 1. The van der Waals surface area contributed by atoms with Gasteiger partial charge in [0, 0.05) is 11.8 Å². The molecular formula is C19H19N3O4. The van der Waals surface area contributed by atoms with Crippen LogP contribution < -0.4 is 5.32 Å². The summed E-state index contributed by atoms with van der Waals surface area (Å²) >= 11 is 0. The van der Waals surface area contributed by atoms with Crippen LogP contribution in [0.5, 0.6) is 0 Å². The van der Waals surface area contributed by atoms with Crippen LogP contribution in [0.2, 0.25) is 0 Å². The lowest BCUT2D eigenvalue weighted by molar-refractivity contribution is -0.117. The number of fused-ring (bicyclic) bond motifs is 1. The summed E-state index contributed by atoms with van der Waals surface area (Å²) in [5.41, 5.74) is 0.698. The number of hydrogen-bond donors (Lipinski definition) is 2. The molecule has 0 spiro atoms. The van der Waals surface area contributed by atoms with Crippen molar-refractivity contribution < 1.29 is 19.2 Å². The van der Waals surface area contributed by atoms with Crippen molar-refractivity contribution in [3.8, 4) is 11.4 Å². The van der Waals surface area contributed by atoms with E-state index in [0.717, 1.165) is 5.39 Å². The standard InChI is InChI=1S/C19H19N3O4/c1-19(2,3)10-14(23)21-17-15(18(24)25)16(22-26-17)13-9-8-11-6-4-5-7-12(11)20-13/h4-9H,10H2,1-3H3,(H,21,23)(H,24,25). The summed E-state index contributed by atoms with van der Waals surface area (Å²) in [6.45, 7) is 5.74. The van der Waals surface area contributed by atoms with Crippen LogP contribution in [0, 0.1) is 5.41 Å². The number of carbonyl (C=O) groups is 2. The van der Waals surface area contributed by atoms with Gasteiger partial charge in [-0.05, 0) is 17.5 Å². The smallest absolute Gasteiger partial charge is 0.343 e. The Morgan fingerprint density at radius 3 is 2.58 bits per heavy atom. The number of anilines is 1. The second-order valence-electron chi connectivity index (χ2n) is 7.22. The normalized spacial score (nSPS) is 11.5. The summed E-state index contributed by atoms with van der Waals surface area (Å²) in [7, 11) is 0. The minimum Gasteiger partial charge on any atom is -0.477 e. The molecule has 3 rings (SSSR count). The lowest BCUT2D eigenvalue weighted by Crippen LogP contribution is -2.20. The number of aromatic nitrogens is 2. The molecule has 0 saturated heterocycles. The van der Waals surface area contributed by atoms with E-state index in [4.69, 9.17) is 4.52 Å². The number of rotatable bonds is 4. The second-order valence-corrected chi connectivity index (χ2v) is 7.22. The van der Waals surface area contributed by atoms with Crippen LogP contribution >= 0.6 is 0 Å². The van der Waals surface area contributed by atoms with Gasteiger partial charge in [0.1, 0.15) is 5.69 Å². The molecule has 0 radical (unpaired) electrons. The number of carbonyl (C=O) groups excluding carboxylic acids is 1. The highest BCUT2D eigenvalue weighted by molar-refractivity contribution is 6.03.